The second kappa shape index (κ2) is 6.67. The van der Waals surface area contributed by atoms with Crippen LogP contribution >= 0.6 is 11.8 Å². The molecule has 17 heavy (non-hydrogen) atoms. The quantitative estimate of drug-likeness (QED) is 0.791. The lowest BCUT2D eigenvalue weighted by atomic mass is 10.2. The molecule has 1 aromatic rings. The minimum Gasteiger partial charge on any atom is -0.480 e. The molecule has 0 heterocycles. The highest BCUT2D eigenvalue weighted by Gasteiger charge is 2.13. The van der Waals surface area contributed by atoms with E-state index in [0.29, 0.717) is 6.54 Å². The number of carboxylic acid groups (broad SMARTS) is 1. The van der Waals surface area contributed by atoms with Crippen LogP contribution in [0.1, 0.15) is 19.4 Å². The zero-order valence-electron chi connectivity index (χ0n) is 10.5. The standard InChI is InChI=1S/C13H19NO2S/c1-10(2)14(9-13(15)16)8-11-4-6-12(17-3)7-5-11/h4-7,10H,8-9H2,1-3H3,(H,15,16). The Labute approximate surface area is 107 Å². The first-order valence-electron chi connectivity index (χ1n) is 5.61. The Balaban J connectivity index is 2.68. The molecule has 4 heteroatoms. The third-order valence-corrected chi connectivity index (χ3v) is 3.36. The van der Waals surface area contributed by atoms with E-state index in [0.717, 1.165) is 5.56 Å². The maximum atomic E-state index is 10.8. The van der Waals surface area contributed by atoms with Gasteiger partial charge in [-0.05, 0) is 37.8 Å². The van der Waals surface area contributed by atoms with E-state index in [9.17, 15) is 4.79 Å². The van der Waals surface area contributed by atoms with Crippen LogP contribution in [0.25, 0.3) is 0 Å². The Hall–Kier alpha value is -1.00. The van der Waals surface area contributed by atoms with Crippen LogP contribution in [-0.4, -0.2) is 34.8 Å². The van der Waals surface area contributed by atoms with Gasteiger partial charge in [0.15, 0.2) is 0 Å². The van der Waals surface area contributed by atoms with Crippen molar-refractivity contribution in [1.29, 1.82) is 0 Å². The zero-order valence-corrected chi connectivity index (χ0v) is 11.3. The molecular weight excluding hydrogens is 234 g/mol. The van der Waals surface area contributed by atoms with E-state index < -0.39 is 5.97 Å². The zero-order chi connectivity index (χ0) is 12.8. The van der Waals surface area contributed by atoms with Crippen molar-refractivity contribution in [2.24, 2.45) is 0 Å². The third-order valence-electron chi connectivity index (χ3n) is 2.61. The highest BCUT2D eigenvalue weighted by Crippen LogP contribution is 2.16. The first kappa shape index (κ1) is 14.1. The predicted molar refractivity (Wildman–Crippen MR) is 71.4 cm³/mol. The summed E-state index contributed by atoms with van der Waals surface area (Å²) in [6, 6.07) is 8.48. The average molecular weight is 253 g/mol. The van der Waals surface area contributed by atoms with Crippen LogP contribution in [-0.2, 0) is 11.3 Å². The number of rotatable bonds is 6. The van der Waals surface area contributed by atoms with Gasteiger partial charge in [0.25, 0.3) is 0 Å². The fourth-order valence-electron chi connectivity index (χ4n) is 1.56. The molecule has 0 amide bonds. The molecule has 3 nitrogen and oxygen atoms in total. The number of nitrogens with zero attached hydrogens (tertiary/aromatic N) is 1. The largest absolute Gasteiger partial charge is 0.480 e. The van der Waals surface area contributed by atoms with E-state index in [-0.39, 0.29) is 12.6 Å². The minimum absolute atomic E-state index is 0.0853. The van der Waals surface area contributed by atoms with Gasteiger partial charge in [-0.25, -0.2) is 0 Å². The van der Waals surface area contributed by atoms with Gasteiger partial charge in [-0.3, -0.25) is 9.69 Å². The summed E-state index contributed by atoms with van der Waals surface area (Å²) in [6.07, 6.45) is 2.04. The summed E-state index contributed by atoms with van der Waals surface area (Å²) in [5.41, 5.74) is 1.15. The van der Waals surface area contributed by atoms with Crippen molar-refractivity contribution in [2.45, 2.75) is 31.3 Å². The topological polar surface area (TPSA) is 40.5 Å². The number of carbonyl (C=O) groups is 1. The van der Waals surface area contributed by atoms with Gasteiger partial charge in [0.2, 0.25) is 0 Å². The third kappa shape index (κ3) is 4.79. The second-order valence-corrected chi connectivity index (χ2v) is 5.12. The average Bonchev–Trinajstić information content (AvgIpc) is 2.28. The second-order valence-electron chi connectivity index (χ2n) is 4.24. The van der Waals surface area contributed by atoms with E-state index in [1.54, 1.807) is 11.8 Å². The van der Waals surface area contributed by atoms with Crippen molar-refractivity contribution in [3.8, 4) is 0 Å². The lowest BCUT2D eigenvalue weighted by Crippen LogP contribution is -2.35. The molecule has 0 aromatic heterocycles. The summed E-state index contributed by atoms with van der Waals surface area (Å²) in [7, 11) is 0. The molecule has 1 N–H and O–H groups in total. The molecule has 0 bridgehead atoms. The van der Waals surface area contributed by atoms with Crippen LogP contribution in [0.5, 0.6) is 0 Å². The maximum absolute atomic E-state index is 10.8. The highest BCUT2D eigenvalue weighted by molar-refractivity contribution is 7.98. The van der Waals surface area contributed by atoms with Gasteiger partial charge >= 0.3 is 5.97 Å². The molecule has 0 aliphatic carbocycles. The van der Waals surface area contributed by atoms with Crippen LogP contribution in [0.4, 0.5) is 0 Å². The van der Waals surface area contributed by atoms with E-state index in [1.165, 1.54) is 4.90 Å². The number of thioether (sulfide) groups is 1. The number of hydrogen-bond acceptors (Lipinski definition) is 3. The lowest BCUT2D eigenvalue weighted by molar-refractivity contribution is -0.138. The van der Waals surface area contributed by atoms with E-state index >= 15 is 0 Å². The predicted octanol–water partition coefficient (Wildman–Crippen LogP) is 2.70. The summed E-state index contributed by atoms with van der Waals surface area (Å²) in [6.45, 7) is 4.79. The van der Waals surface area contributed by atoms with Gasteiger partial charge in [-0.1, -0.05) is 12.1 Å². The Morgan fingerprint density at radius 1 is 1.35 bits per heavy atom. The van der Waals surface area contributed by atoms with E-state index in [1.807, 2.05) is 25.0 Å². The molecule has 0 aliphatic rings. The summed E-state index contributed by atoms with van der Waals surface area (Å²) < 4.78 is 0. The minimum atomic E-state index is -0.778. The van der Waals surface area contributed by atoms with Gasteiger partial charge in [0.1, 0.15) is 0 Å². The molecule has 0 radical (unpaired) electrons. The Morgan fingerprint density at radius 2 is 1.94 bits per heavy atom. The smallest absolute Gasteiger partial charge is 0.317 e. The van der Waals surface area contributed by atoms with Crippen molar-refractivity contribution in [3.63, 3.8) is 0 Å². The molecule has 1 aromatic carbocycles. The van der Waals surface area contributed by atoms with Crippen LogP contribution in [0, 0.1) is 0 Å². The van der Waals surface area contributed by atoms with Crippen molar-refractivity contribution in [3.05, 3.63) is 29.8 Å². The summed E-state index contributed by atoms with van der Waals surface area (Å²) in [4.78, 5) is 13.9. The normalized spacial score (nSPS) is 11.1. The molecule has 0 unspecified atom stereocenters. The van der Waals surface area contributed by atoms with Crippen LogP contribution in [0.2, 0.25) is 0 Å². The first-order valence-corrected chi connectivity index (χ1v) is 6.84. The molecule has 1 rings (SSSR count). The molecular formula is C13H19NO2S. The van der Waals surface area contributed by atoms with Crippen molar-refractivity contribution >= 4 is 17.7 Å². The molecule has 94 valence electrons. The van der Waals surface area contributed by atoms with Crippen molar-refractivity contribution in [2.75, 3.05) is 12.8 Å². The molecule has 0 spiro atoms. The Kier molecular flexibility index (Phi) is 5.51. The fourth-order valence-corrected chi connectivity index (χ4v) is 1.97. The summed E-state index contributed by atoms with van der Waals surface area (Å²) >= 11 is 1.71. The molecule has 0 aliphatic heterocycles. The Bertz CT molecular complexity index is 362. The fraction of sp³-hybridized carbons (Fsp3) is 0.462. The number of aliphatic carboxylic acids is 1. The van der Waals surface area contributed by atoms with Gasteiger partial charge < -0.3 is 5.11 Å². The first-order chi connectivity index (χ1) is 8.02. The summed E-state index contributed by atoms with van der Waals surface area (Å²) in [5.74, 6) is -0.778. The van der Waals surface area contributed by atoms with Gasteiger partial charge in [-0.15, -0.1) is 11.8 Å². The maximum Gasteiger partial charge on any atom is 0.317 e. The monoisotopic (exact) mass is 253 g/mol. The van der Waals surface area contributed by atoms with Crippen molar-refractivity contribution < 1.29 is 9.90 Å². The molecule has 0 fully saturated rings. The van der Waals surface area contributed by atoms with Gasteiger partial charge in [0, 0.05) is 17.5 Å². The van der Waals surface area contributed by atoms with E-state index in [4.69, 9.17) is 5.11 Å². The van der Waals surface area contributed by atoms with Gasteiger partial charge in [0.05, 0.1) is 6.54 Å². The molecule has 0 saturated heterocycles. The summed E-state index contributed by atoms with van der Waals surface area (Å²) in [5, 5.41) is 8.85. The number of hydrogen-bond donors (Lipinski definition) is 1. The SMILES string of the molecule is CSc1ccc(CN(CC(=O)O)C(C)C)cc1. The highest BCUT2D eigenvalue weighted by atomic mass is 32.2. The molecule has 0 saturated carbocycles. The molecule has 0 atom stereocenters. The lowest BCUT2D eigenvalue weighted by Gasteiger charge is -2.24. The number of carboxylic acids is 1. The van der Waals surface area contributed by atoms with Crippen LogP contribution in [0.3, 0.4) is 0 Å². The van der Waals surface area contributed by atoms with Crippen LogP contribution < -0.4 is 0 Å². The van der Waals surface area contributed by atoms with Crippen LogP contribution in [0.15, 0.2) is 29.2 Å². The van der Waals surface area contributed by atoms with E-state index in [2.05, 4.69) is 24.3 Å². The van der Waals surface area contributed by atoms with Crippen molar-refractivity contribution in [1.82, 2.24) is 4.90 Å². The number of benzene rings is 1. The Morgan fingerprint density at radius 3 is 2.35 bits per heavy atom. The van der Waals surface area contributed by atoms with Gasteiger partial charge in [-0.2, -0.15) is 0 Å².